The van der Waals surface area contributed by atoms with Crippen LogP contribution >= 0.6 is 11.3 Å². The van der Waals surface area contributed by atoms with Crippen LogP contribution in [0.25, 0.3) is 0 Å². The van der Waals surface area contributed by atoms with Crippen LogP contribution < -0.4 is 11.1 Å². The smallest absolute Gasteiger partial charge is 0.240 e. The van der Waals surface area contributed by atoms with Crippen LogP contribution in [0.4, 0.5) is 0 Å². The average Bonchev–Trinajstić information content (AvgIpc) is 2.77. The number of rotatable bonds is 5. The van der Waals surface area contributed by atoms with Gasteiger partial charge in [0.2, 0.25) is 5.91 Å². The van der Waals surface area contributed by atoms with Crippen LogP contribution in [0.5, 0.6) is 0 Å². The lowest BCUT2D eigenvalue weighted by Crippen LogP contribution is -2.51. The second kappa shape index (κ2) is 5.60. The average molecular weight is 255 g/mol. The third-order valence-corrected chi connectivity index (χ3v) is 4.22. The normalized spacial score (nSPS) is 16.3. The number of nitrogens with two attached hydrogens (primary N) is 1. The highest BCUT2D eigenvalue weighted by molar-refractivity contribution is 7.11. The largest absolute Gasteiger partial charge is 0.346 e. The summed E-state index contributed by atoms with van der Waals surface area (Å²) in [6, 6.07) is -0.0813. The van der Waals surface area contributed by atoms with Gasteiger partial charge in [-0.3, -0.25) is 4.79 Å². The van der Waals surface area contributed by atoms with Gasteiger partial charge in [-0.2, -0.15) is 0 Å². The SMILES string of the molecule is CCc1cnc(C(C)NC(=O)C(C)(N)CC)s1. The van der Waals surface area contributed by atoms with Gasteiger partial charge in [-0.15, -0.1) is 11.3 Å². The Kier molecular flexibility index (Phi) is 4.65. The molecule has 0 saturated carbocycles. The van der Waals surface area contributed by atoms with Crippen molar-refractivity contribution < 1.29 is 4.79 Å². The number of nitrogens with one attached hydrogen (secondary N) is 1. The molecule has 0 saturated heterocycles. The van der Waals surface area contributed by atoms with E-state index in [4.69, 9.17) is 5.73 Å². The Balaban J connectivity index is 2.66. The molecule has 0 aromatic carbocycles. The van der Waals surface area contributed by atoms with Gasteiger partial charge in [0.1, 0.15) is 5.01 Å². The van der Waals surface area contributed by atoms with E-state index < -0.39 is 5.54 Å². The lowest BCUT2D eigenvalue weighted by Gasteiger charge is -2.23. The maximum atomic E-state index is 11.9. The van der Waals surface area contributed by atoms with E-state index in [2.05, 4.69) is 17.2 Å². The molecule has 3 N–H and O–H groups in total. The molecule has 0 aliphatic rings. The molecule has 1 amide bonds. The molecule has 4 nitrogen and oxygen atoms in total. The van der Waals surface area contributed by atoms with Crippen LogP contribution in [-0.4, -0.2) is 16.4 Å². The molecule has 0 spiro atoms. The van der Waals surface area contributed by atoms with Gasteiger partial charge in [0.15, 0.2) is 0 Å². The molecule has 17 heavy (non-hydrogen) atoms. The minimum absolute atomic E-state index is 0.0813. The third kappa shape index (κ3) is 3.51. The predicted molar refractivity (Wildman–Crippen MR) is 70.9 cm³/mol. The first-order chi connectivity index (χ1) is 7.90. The van der Waals surface area contributed by atoms with Crippen LogP contribution in [0.1, 0.15) is 50.0 Å². The van der Waals surface area contributed by atoms with Gasteiger partial charge in [-0.25, -0.2) is 4.98 Å². The fourth-order valence-electron chi connectivity index (χ4n) is 1.27. The number of aromatic nitrogens is 1. The van der Waals surface area contributed by atoms with Gasteiger partial charge in [0.25, 0.3) is 0 Å². The molecule has 0 bridgehead atoms. The van der Waals surface area contributed by atoms with E-state index >= 15 is 0 Å². The number of nitrogens with zero attached hydrogens (tertiary/aromatic N) is 1. The first-order valence-electron chi connectivity index (χ1n) is 5.95. The lowest BCUT2D eigenvalue weighted by molar-refractivity contribution is -0.126. The van der Waals surface area contributed by atoms with Crippen molar-refractivity contribution in [1.29, 1.82) is 0 Å². The maximum absolute atomic E-state index is 11.9. The highest BCUT2D eigenvalue weighted by Gasteiger charge is 2.27. The van der Waals surface area contributed by atoms with Crippen molar-refractivity contribution in [3.8, 4) is 0 Å². The molecule has 1 heterocycles. The Morgan fingerprint density at radius 2 is 2.29 bits per heavy atom. The van der Waals surface area contributed by atoms with Crippen molar-refractivity contribution in [2.45, 2.75) is 52.1 Å². The van der Waals surface area contributed by atoms with Crippen molar-refractivity contribution >= 4 is 17.2 Å². The fraction of sp³-hybridized carbons (Fsp3) is 0.667. The third-order valence-electron chi connectivity index (χ3n) is 2.89. The summed E-state index contributed by atoms with van der Waals surface area (Å²) in [7, 11) is 0. The van der Waals surface area contributed by atoms with Gasteiger partial charge in [-0.05, 0) is 26.7 Å². The molecular formula is C12H21N3OS. The number of hydrogen-bond acceptors (Lipinski definition) is 4. The Morgan fingerprint density at radius 1 is 1.65 bits per heavy atom. The molecular weight excluding hydrogens is 234 g/mol. The van der Waals surface area contributed by atoms with Crippen LogP contribution in [0.2, 0.25) is 0 Å². The summed E-state index contributed by atoms with van der Waals surface area (Å²) >= 11 is 1.63. The number of carbonyl (C=O) groups excluding carboxylic acids is 1. The van der Waals surface area contributed by atoms with E-state index in [1.165, 1.54) is 4.88 Å². The molecule has 0 aliphatic carbocycles. The zero-order valence-corrected chi connectivity index (χ0v) is 11.7. The minimum Gasteiger partial charge on any atom is -0.346 e. The Morgan fingerprint density at radius 3 is 2.76 bits per heavy atom. The monoisotopic (exact) mass is 255 g/mol. The van der Waals surface area contributed by atoms with Gasteiger partial charge in [0, 0.05) is 11.1 Å². The minimum atomic E-state index is -0.806. The molecule has 0 radical (unpaired) electrons. The zero-order valence-electron chi connectivity index (χ0n) is 10.9. The van der Waals surface area contributed by atoms with Gasteiger partial charge >= 0.3 is 0 Å². The van der Waals surface area contributed by atoms with Gasteiger partial charge < -0.3 is 11.1 Å². The molecule has 5 heteroatoms. The van der Waals surface area contributed by atoms with E-state index in [9.17, 15) is 4.79 Å². The summed E-state index contributed by atoms with van der Waals surface area (Å²) in [6.07, 6.45) is 3.45. The lowest BCUT2D eigenvalue weighted by atomic mass is 9.99. The number of thiazole rings is 1. The maximum Gasteiger partial charge on any atom is 0.240 e. The number of carbonyl (C=O) groups is 1. The standard InChI is InChI=1S/C12H21N3OS/c1-5-9-7-14-10(17-9)8(3)15-11(16)12(4,13)6-2/h7-8H,5-6,13H2,1-4H3,(H,15,16). The van der Waals surface area contributed by atoms with E-state index in [-0.39, 0.29) is 11.9 Å². The summed E-state index contributed by atoms with van der Waals surface area (Å²) in [5.74, 6) is -0.124. The molecule has 1 rings (SSSR count). The summed E-state index contributed by atoms with van der Waals surface area (Å²) in [5.41, 5.74) is 5.08. The zero-order chi connectivity index (χ0) is 13.1. The molecule has 1 aromatic rings. The van der Waals surface area contributed by atoms with Crippen LogP contribution in [-0.2, 0) is 11.2 Å². The van der Waals surface area contributed by atoms with E-state index in [0.717, 1.165) is 11.4 Å². The van der Waals surface area contributed by atoms with Gasteiger partial charge in [-0.1, -0.05) is 13.8 Å². The van der Waals surface area contributed by atoms with Crippen molar-refractivity contribution in [3.63, 3.8) is 0 Å². The highest BCUT2D eigenvalue weighted by atomic mass is 32.1. The molecule has 96 valence electrons. The van der Waals surface area contributed by atoms with Crippen molar-refractivity contribution in [2.24, 2.45) is 5.73 Å². The number of amides is 1. The first kappa shape index (κ1) is 14.1. The van der Waals surface area contributed by atoms with E-state index in [1.807, 2.05) is 20.0 Å². The second-order valence-corrected chi connectivity index (χ2v) is 5.63. The van der Waals surface area contributed by atoms with Crippen molar-refractivity contribution in [1.82, 2.24) is 10.3 Å². The van der Waals surface area contributed by atoms with E-state index in [0.29, 0.717) is 6.42 Å². The molecule has 0 aliphatic heterocycles. The first-order valence-corrected chi connectivity index (χ1v) is 6.76. The van der Waals surface area contributed by atoms with Crippen LogP contribution in [0.3, 0.4) is 0 Å². The number of aryl methyl sites for hydroxylation is 1. The van der Waals surface area contributed by atoms with Crippen molar-refractivity contribution in [2.75, 3.05) is 0 Å². The molecule has 2 atom stereocenters. The summed E-state index contributed by atoms with van der Waals surface area (Å²) in [5, 5.41) is 3.84. The molecule has 2 unspecified atom stereocenters. The summed E-state index contributed by atoms with van der Waals surface area (Å²) in [4.78, 5) is 17.4. The fourth-order valence-corrected chi connectivity index (χ4v) is 2.13. The summed E-state index contributed by atoms with van der Waals surface area (Å²) < 4.78 is 0. The predicted octanol–water partition coefficient (Wildman–Crippen LogP) is 2.01. The highest BCUT2D eigenvalue weighted by Crippen LogP contribution is 2.20. The Labute approximate surface area is 107 Å². The van der Waals surface area contributed by atoms with E-state index in [1.54, 1.807) is 18.3 Å². The Hall–Kier alpha value is -0.940. The number of hydrogen-bond donors (Lipinski definition) is 2. The van der Waals surface area contributed by atoms with Crippen LogP contribution in [0.15, 0.2) is 6.20 Å². The summed E-state index contributed by atoms with van der Waals surface area (Å²) in [6.45, 7) is 7.67. The Bertz CT molecular complexity index is 387. The topological polar surface area (TPSA) is 68.0 Å². The quantitative estimate of drug-likeness (QED) is 0.845. The molecule has 0 fully saturated rings. The van der Waals surface area contributed by atoms with Gasteiger partial charge in [0.05, 0.1) is 11.6 Å². The van der Waals surface area contributed by atoms with Crippen molar-refractivity contribution in [3.05, 3.63) is 16.1 Å². The second-order valence-electron chi connectivity index (χ2n) is 4.48. The molecule has 1 aromatic heterocycles. The van der Waals surface area contributed by atoms with Crippen LogP contribution in [0, 0.1) is 0 Å².